The van der Waals surface area contributed by atoms with Gasteiger partial charge in [0.25, 0.3) is 0 Å². The predicted octanol–water partition coefficient (Wildman–Crippen LogP) is -0.0435. The lowest BCUT2D eigenvalue weighted by Crippen LogP contribution is -2.55. The quantitative estimate of drug-likeness (QED) is 0.657. The Kier molecular flexibility index (Phi) is 2.73. The van der Waals surface area contributed by atoms with Gasteiger partial charge in [0.05, 0.1) is 13.2 Å². The van der Waals surface area contributed by atoms with Crippen LogP contribution < -0.4 is 0 Å². The van der Waals surface area contributed by atoms with Crippen LogP contribution in [0, 0.1) is 0 Å². The van der Waals surface area contributed by atoms with Gasteiger partial charge in [0.15, 0.2) is 5.79 Å². The number of piperidine rings is 1. The standard InChI is InChI=1S/C9H13NO6/c11-7(12)6-5-9(15-3-4-16-9)1-2-10(6)8(13)14/h6H,1-5H2,(H,11,12)(H,13,14)/t6-/m0/s1. The van der Waals surface area contributed by atoms with Gasteiger partial charge in [-0.1, -0.05) is 0 Å². The van der Waals surface area contributed by atoms with Crippen LogP contribution >= 0.6 is 0 Å². The van der Waals surface area contributed by atoms with Gasteiger partial charge >= 0.3 is 12.1 Å². The van der Waals surface area contributed by atoms with Crippen molar-refractivity contribution in [2.45, 2.75) is 24.7 Å². The average molecular weight is 231 g/mol. The number of hydrogen-bond donors (Lipinski definition) is 2. The van der Waals surface area contributed by atoms with Crippen LogP contribution in [0.2, 0.25) is 0 Å². The minimum Gasteiger partial charge on any atom is -0.480 e. The number of rotatable bonds is 1. The SMILES string of the molecule is O=C(O)[C@@H]1CC2(CCN1C(=O)O)OCCO2. The van der Waals surface area contributed by atoms with E-state index in [2.05, 4.69) is 0 Å². The van der Waals surface area contributed by atoms with E-state index in [0.717, 1.165) is 4.90 Å². The number of aliphatic carboxylic acids is 1. The van der Waals surface area contributed by atoms with Crippen molar-refractivity contribution in [3.63, 3.8) is 0 Å². The van der Waals surface area contributed by atoms with Crippen molar-refractivity contribution in [1.82, 2.24) is 4.90 Å². The van der Waals surface area contributed by atoms with Gasteiger partial charge in [-0.3, -0.25) is 4.90 Å². The summed E-state index contributed by atoms with van der Waals surface area (Å²) in [5.41, 5.74) is 0. The predicted molar refractivity (Wildman–Crippen MR) is 50.0 cm³/mol. The van der Waals surface area contributed by atoms with E-state index in [1.807, 2.05) is 0 Å². The van der Waals surface area contributed by atoms with Crippen molar-refractivity contribution in [3.8, 4) is 0 Å². The van der Waals surface area contributed by atoms with Crippen molar-refractivity contribution in [2.24, 2.45) is 0 Å². The van der Waals surface area contributed by atoms with Crippen molar-refractivity contribution >= 4 is 12.1 Å². The number of carbonyl (C=O) groups is 2. The number of carboxylic acids is 1. The van der Waals surface area contributed by atoms with Crippen LogP contribution in [0.3, 0.4) is 0 Å². The highest BCUT2D eigenvalue weighted by Crippen LogP contribution is 2.34. The van der Waals surface area contributed by atoms with Crippen LogP contribution in [0.5, 0.6) is 0 Å². The van der Waals surface area contributed by atoms with E-state index in [4.69, 9.17) is 19.7 Å². The minimum absolute atomic E-state index is 0.0502. The van der Waals surface area contributed by atoms with Gasteiger partial charge in [0, 0.05) is 19.4 Å². The fraction of sp³-hybridized carbons (Fsp3) is 0.778. The van der Waals surface area contributed by atoms with Crippen molar-refractivity contribution in [2.75, 3.05) is 19.8 Å². The molecule has 0 aromatic heterocycles. The van der Waals surface area contributed by atoms with Crippen LogP contribution in [-0.4, -0.2) is 58.8 Å². The summed E-state index contributed by atoms with van der Waals surface area (Å²) in [5, 5.41) is 17.9. The molecule has 0 radical (unpaired) electrons. The maximum absolute atomic E-state index is 11.0. The van der Waals surface area contributed by atoms with Crippen LogP contribution in [-0.2, 0) is 14.3 Å². The molecule has 7 nitrogen and oxygen atoms in total. The molecule has 2 N–H and O–H groups in total. The number of likely N-dealkylation sites (tertiary alicyclic amines) is 1. The van der Waals surface area contributed by atoms with Crippen molar-refractivity contribution < 1.29 is 29.3 Å². The second-order valence-electron chi connectivity index (χ2n) is 3.89. The molecule has 2 fully saturated rings. The molecule has 0 unspecified atom stereocenters. The molecule has 0 saturated carbocycles. The van der Waals surface area contributed by atoms with E-state index in [0.29, 0.717) is 19.6 Å². The van der Waals surface area contributed by atoms with E-state index in [-0.39, 0.29) is 13.0 Å². The molecule has 1 amide bonds. The van der Waals surface area contributed by atoms with E-state index in [1.54, 1.807) is 0 Å². The van der Waals surface area contributed by atoms with Crippen LogP contribution in [0.4, 0.5) is 4.79 Å². The monoisotopic (exact) mass is 231 g/mol. The molecular formula is C9H13NO6. The maximum Gasteiger partial charge on any atom is 0.408 e. The molecule has 2 rings (SSSR count). The van der Waals surface area contributed by atoms with Gasteiger partial charge < -0.3 is 19.7 Å². The lowest BCUT2D eigenvalue weighted by Gasteiger charge is -2.40. The van der Waals surface area contributed by atoms with Gasteiger partial charge in [-0.05, 0) is 0 Å². The number of amides is 1. The van der Waals surface area contributed by atoms with Crippen LogP contribution in [0.15, 0.2) is 0 Å². The molecule has 1 atom stereocenters. The Balaban J connectivity index is 2.14. The highest BCUT2D eigenvalue weighted by atomic mass is 16.7. The molecule has 2 saturated heterocycles. The van der Waals surface area contributed by atoms with E-state index >= 15 is 0 Å². The summed E-state index contributed by atoms with van der Waals surface area (Å²) < 4.78 is 10.8. The molecule has 1 spiro atoms. The zero-order valence-electron chi connectivity index (χ0n) is 8.59. The van der Waals surface area contributed by atoms with E-state index in [9.17, 15) is 9.59 Å². The van der Waals surface area contributed by atoms with Gasteiger partial charge in [-0.25, -0.2) is 9.59 Å². The third-order valence-corrected chi connectivity index (χ3v) is 2.96. The molecule has 7 heteroatoms. The fourth-order valence-electron chi connectivity index (χ4n) is 2.16. The number of ether oxygens (including phenoxy) is 2. The van der Waals surface area contributed by atoms with Gasteiger partial charge in [-0.2, -0.15) is 0 Å². The van der Waals surface area contributed by atoms with Crippen LogP contribution in [0.25, 0.3) is 0 Å². The average Bonchev–Trinajstić information content (AvgIpc) is 2.66. The first-order chi connectivity index (χ1) is 7.54. The van der Waals surface area contributed by atoms with E-state index in [1.165, 1.54) is 0 Å². The van der Waals surface area contributed by atoms with Crippen molar-refractivity contribution in [3.05, 3.63) is 0 Å². The van der Waals surface area contributed by atoms with Gasteiger partial charge in [-0.15, -0.1) is 0 Å². The first-order valence-electron chi connectivity index (χ1n) is 5.04. The molecule has 90 valence electrons. The first-order valence-corrected chi connectivity index (χ1v) is 5.04. The highest BCUT2D eigenvalue weighted by Gasteiger charge is 2.48. The summed E-state index contributed by atoms with van der Waals surface area (Å²) >= 11 is 0. The Morgan fingerprint density at radius 1 is 1.25 bits per heavy atom. The third-order valence-electron chi connectivity index (χ3n) is 2.96. The Hall–Kier alpha value is -1.34. The number of carboxylic acid groups (broad SMARTS) is 2. The zero-order chi connectivity index (χ0) is 11.8. The fourth-order valence-corrected chi connectivity index (χ4v) is 2.16. The summed E-state index contributed by atoms with van der Waals surface area (Å²) in [6.07, 6.45) is -0.794. The summed E-state index contributed by atoms with van der Waals surface area (Å²) in [4.78, 5) is 22.8. The lowest BCUT2D eigenvalue weighted by molar-refractivity contribution is -0.198. The Morgan fingerprint density at radius 2 is 1.88 bits per heavy atom. The Bertz CT molecular complexity index is 311. The number of hydrogen-bond acceptors (Lipinski definition) is 4. The summed E-state index contributed by atoms with van der Waals surface area (Å²) in [5.74, 6) is -2.06. The lowest BCUT2D eigenvalue weighted by atomic mass is 9.96. The topological polar surface area (TPSA) is 96.3 Å². The number of nitrogens with zero attached hydrogens (tertiary/aromatic N) is 1. The summed E-state index contributed by atoms with van der Waals surface area (Å²) in [7, 11) is 0. The zero-order valence-corrected chi connectivity index (χ0v) is 8.59. The Morgan fingerprint density at radius 3 is 2.38 bits per heavy atom. The smallest absolute Gasteiger partial charge is 0.408 e. The van der Waals surface area contributed by atoms with E-state index < -0.39 is 23.9 Å². The van der Waals surface area contributed by atoms with Crippen molar-refractivity contribution in [1.29, 1.82) is 0 Å². The Labute approximate surface area is 91.5 Å². The summed E-state index contributed by atoms with van der Waals surface area (Å²) in [6.45, 7) is 0.977. The molecule has 0 aromatic carbocycles. The van der Waals surface area contributed by atoms with Gasteiger partial charge in [0.2, 0.25) is 0 Å². The molecular weight excluding hydrogens is 218 g/mol. The second kappa shape index (κ2) is 3.91. The molecule has 2 heterocycles. The van der Waals surface area contributed by atoms with Crippen LogP contribution in [0.1, 0.15) is 12.8 Å². The molecule has 0 aliphatic carbocycles. The normalized spacial score (nSPS) is 28.2. The molecule has 2 aliphatic rings. The highest BCUT2D eigenvalue weighted by molar-refractivity contribution is 5.79. The first kappa shape index (κ1) is 11.2. The molecule has 16 heavy (non-hydrogen) atoms. The summed E-state index contributed by atoms with van der Waals surface area (Å²) in [6, 6.07) is -1.09. The molecule has 0 aromatic rings. The second-order valence-corrected chi connectivity index (χ2v) is 3.89. The minimum atomic E-state index is -1.22. The molecule has 0 bridgehead atoms. The van der Waals surface area contributed by atoms with Gasteiger partial charge in [0.1, 0.15) is 6.04 Å². The molecule has 2 aliphatic heterocycles. The third kappa shape index (κ3) is 1.83. The largest absolute Gasteiger partial charge is 0.480 e. The maximum atomic E-state index is 11.0.